The van der Waals surface area contributed by atoms with Gasteiger partial charge in [0.1, 0.15) is 5.69 Å². The van der Waals surface area contributed by atoms with Crippen LogP contribution in [0.15, 0.2) is 16.7 Å². The molecule has 1 N–H and O–H groups in total. The average molecular weight is 505 g/mol. The van der Waals surface area contributed by atoms with Gasteiger partial charge in [-0.15, -0.1) is 5.10 Å². The summed E-state index contributed by atoms with van der Waals surface area (Å²) in [6.07, 6.45) is -10.0. The number of nitrogens with one attached hydrogen (secondary N) is 1. The van der Waals surface area contributed by atoms with Crippen molar-refractivity contribution in [3.8, 4) is 5.75 Å². The third-order valence-corrected chi connectivity index (χ3v) is 6.42. The van der Waals surface area contributed by atoms with Crippen molar-refractivity contribution in [2.45, 2.75) is 51.2 Å². The molecule has 35 heavy (non-hydrogen) atoms. The number of aromatic nitrogens is 5. The van der Waals surface area contributed by atoms with Crippen molar-refractivity contribution in [1.29, 1.82) is 0 Å². The van der Waals surface area contributed by atoms with E-state index in [1.165, 1.54) is 0 Å². The van der Waals surface area contributed by atoms with Crippen LogP contribution in [0.5, 0.6) is 5.75 Å². The third kappa shape index (κ3) is 4.43. The summed E-state index contributed by atoms with van der Waals surface area (Å²) >= 11 is 0. The Kier molecular flexibility index (Phi) is 5.47. The zero-order valence-corrected chi connectivity index (χ0v) is 18.6. The number of ether oxygens (including phenoxy) is 1. The Hall–Kier alpha value is -3.26. The van der Waals surface area contributed by atoms with Crippen molar-refractivity contribution in [3.63, 3.8) is 0 Å². The molecule has 4 atom stereocenters. The lowest BCUT2D eigenvalue weighted by atomic mass is 9.92. The Bertz CT molecular complexity index is 1210. The van der Waals surface area contributed by atoms with Gasteiger partial charge in [0.2, 0.25) is 5.95 Å². The Morgan fingerprint density at radius 2 is 1.77 bits per heavy atom. The number of halogens is 6. The SMILES string of the molecule is Cc1noc(N2C[C@H]3CC[C@@H](C2)[C@@H]3Nc2nc3c(O[C@@H](C)C(F)(F)F)ccc(C(F)(F)F)n3n2)n1. The molecule has 9 nitrogen and oxygen atoms in total. The van der Waals surface area contributed by atoms with Gasteiger partial charge < -0.3 is 19.5 Å². The second kappa shape index (κ2) is 8.16. The number of piperidine rings is 1. The van der Waals surface area contributed by atoms with E-state index in [0.717, 1.165) is 25.8 Å². The van der Waals surface area contributed by atoms with Gasteiger partial charge in [0.25, 0.3) is 0 Å². The largest absolute Gasteiger partial charge is 0.477 e. The van der Waals surface area contributed by atoms with Gasteiger partial charge in [0.15, 0.2) is 23.3 Å². The van der Waals surface area contributed by atoms with Crippen LogP contribution in [0.1, 0.15) is 31.3 Å². The van der Waals surface area contributed by atoms with E-state index in [1.54, 1.807) is 6.92 Å². The van der Waals surface area contributed by atoms with Crippen LogP contribution in [0.3, 0.4) is 0 Å². The maximum atomic E-state index is 13.6. The van der Waals surface area contributed by atoms with E-state index in [-0.39, 0.29) is 23.8 Å². The molecule has 5 rings (SSSR count). The lowest BCUT2D eigenvalue weighted by molar-refractivity contribution is -0.189. The molecule has 0 radical (unpaired) electrons. The van der Waals surface area contributed by atoms with Gasteiger partial charge in [-0.3, -0.25) is 0 Å². The molecule has 3 aromatic rings. The van der Waals surface area contributed by atoms with Crippen LogP contribution in [0.4, 0.5) is 38.3 Å². The second-order valence-corrected chi connectivity index (χ2v) is 8.85. The van der Waals surface area contributed by atoms with E-state index in [0.29, 0.717) is 35.5 Å². The monoisotopic (exact) mass is 505 g/mol. The van der Waals surface area contributed by atoms with Crippen LogP contribution in [0, 0.1) is 18.8 Å². The van der Waals surface area contributed by atoms with Crippen molar-refractivity contribution in [2.75, 3.05) is 23.3 Å². The molecule has 2 bridgehead atoms. The first kappa shape index (κ1) is 23.5. The van der Waals surface area contributed by atoms with Crippen LogP contribution < -0.4 is 15.0 Å². The number of anilines is 2. The highest BCUT2D eigenvalue weighted by Gasteiger charge is 2.44. The van der Waals surface area contributed by atoms with Crippen LogP contribution in [0.25, 0.3) is 5.65 Å². The summed E-state index contributed by atoms with van der Waals surface area (Å²) in [6.45, 7) is 3.66. The number of aryl methyl sites for hydroxylation is 1. The molecule has 0 spiro atoms. The Balaban J connectivity index is 1.42. The summed E-state index contributed by atoms with van der Waals surface area (Å²) in [5, 5.41) is 10.9. The van der Waals surface area contributed by atoms with Gasteiger partial charge >= 0.3 is 18.4 Å². The van der Waals surface area contributed by atoms with Crippen LogP contribution in [0.2, 0.25) is 0 Å². The Labute approximate surface area is 194 Å². The molecule has 1 saturated carbocycles. The number of pyridine rings is 1. The van der Waals surface area contributed by atoms with Gasteiger partial charge in [-0.2, -0.15) is 36.3 Å². The molecule has 0 aromatic carbocycles. The summed E-state index contributed by atoms with van der Waals surface area (Å²) in [5.41, 5.74) is -1.63. The van der Waals surface area contributed by atoms with Gasteiger partial charge in [0, 0.05) is 19.1 Å². The van der Waals surface area contributed by atoms with Crippen molar-refractivity contribution in [2.24, 2.45) is 11.8 Å². The molecular weight excluding hydrogens is 484 g/mol. The number of rotatable bonds is 5. The maximum Gasteiger partial charge on any atom is 0.433 e. The van der Waals surface area contributed by atoms with Crippen molar-refractivity contribution in [3.05, 3.63) is 23.7 Å². The van der Waals surface area contributed by atoms with E-state index < -0.39 is 35.5 Å². The first-order valence-corrected chi connectivity index (χ1v) is 10.9. The summed E-state index contributed by atoms with van der Waals surface area (Å²) in [4.78, 5) is 10.3. The van der Waals surface area contributed by atoms with E-state index in [1.807, 2.05) is 4.90 Å². The van der Waals surface area contributed by atoms with Gasteiger partial charge in [-0.1, -0.05) is 5.16 Å². The molecule has 1 saturated heterocycles. The molecular formula is C20H21F6N7O2. The fourth-order valence-corrected chi connectivity index (χ4v) is 4.74. The summed E-state index contributed by atoms with van der Waals surface area (Å²) in [5.74, 6) is 0.161. The molecule has 1 aliphatic heterocycles. The zero-order valence-electron chi connectivity index (χ0n) is 18.6. The summed E-state index contributed by atoms with van der Waals surface area (Å²) in [6, 6.07) is 1.73. The van der Waals surface area contributed by atoms with Crippen molar-refractivity contribution in [1.82, 2.24) is 24.7 Å². The standard InChI is InChI=1S/C20H21F6N7O2/c1-9(19(21,22)23)34-13-5-6-14(20(24,25)26)33-16(13)29-17(30-33)28-15-11-3-4-12(15)8-32(7-11)18-27-10(2)31-35-18/h5-6,9,11-12,15H,3-4,7-8H2,1-2H3,(H,28,30)/t9-,11-,12+,15-/m0/s1. The van der Waals surface area contributed by atoms with E-state index >= 15 is 0 Å². The number of alkyl halides is 6. The first-order chi connectivity index (χ1) is 16.4. The quantitative estimate of drug-likeness (QED) is 0.519. The Morgan fingerprint density at radius 1 is 1.09 bits per heavy atom. The first-order valence-electron chi connectivity index (χ1n) is 10.9. The van der Waals surface area contributed by atoms with Crippen LogP contribution in [-0.2, 0) is 6.18 Å². The molecule has 15 heteroatoms. The lowest BCUT2D eigenvalue weighted by Gasteiger charge is -2.37. The highest BCUT2D eigenvalue weighted by atomic mass is 19.4. The third-order valence-electron chi connectivity index (χ3n) is 6.42. The minimum Gasteiger partial charge on any atom is -0.477 e. The molecule has 2 fully saturated rings. The highest BCUT2D eigenvalue weighted by Crippen LogP contribution is 2.40. The van der Waals surface area contributed by atoms with E-state index in [4.69, 9.17) is 9.26 Å². The molecule has 190 valence electrons. The molecule has 4 heterocycles. The number of hydrogen-bond acceptors (Lipinski definition) is 8. The van der Waals surface area contributed by atoms with Crippen molar-refractivity contribution >= 4 is 17.6 Å². The Morgan fingerprint density at radius 3 is 2.34 bits per heavy atom. The fourth-order valence-electron chi connectivity index (χ4n) is 4.74. The van der Waals surface area contributed by atoms with E-state index in [2.05, 4.69) is 25.5 Å². The molecule has 2 aliphatic rings. The second-order valence-electron chi connectivity index (χ2n) is 8.85. The molecule has 0 amide bonds. The number of hydrogen-bond donors (Lipinski definition) is 1. The zero-order chi connectivity index (χ0) is 25.1. The van der Waals surface area contributed by atoms with E-state index in [9.17, 15) is 26.3 Å². The number of fused-ring (bicyclic) bond motifs is 3. The van der Waals surface area contributed by atoms with Gasteiger partial charge in [0.05, 0.1) is 0 Å². The predicted molar refractivity (Wildman–Crippen MR) is 109 cm³/mol. The van der Waals surface area contributed by atoms with Crippen LogP contribution in [-0.4, -0.2) is 56.2 Å². The minimum absolute atomic E-state index is 0.107. The predicted octanol–water partition coefficient (Wildman–Crippen LogP) is 4.10. The van der Waals surface area contributed by atoms with Crippen molar-refractivity contribution < 1.29 is 35.6 Å². The smallest absolute Gasteiger partial charge is 0.433 e. The van der Waals surface area contributed by atoms with Gasteiger partial charge in [-0.05, 0) is 50.7 Å². The molecule has 1 aliphatic carbocycles. The fraction of sp³-hybridized carbons (Fsp3) is 0.600. The molecule has 0 unspecified atom stereocenters. The topological polar surface area (TPSA) is 93.6 Å². The average Bonchev–Trinajstić information content (AvgIpc) is 3.43. The lowest BCUT2D eigenvalue weighted by Crippen LogP contribution is -2.48. The summed E-state index contributed by atoms with van der Waals surface area (Å²) in [7, 11) is 0. The highest BCUT2D eigenvalue weighted by molar-refractivity contribution is 5.57. The molecule has 3 aromatic heterocycles. The van der Waals surface area contributed by atoms with Crippen LogP contribution >= 0.6 is 0 Å². The normalized spacial score (nSPS) is 23.7. The summed E-state index contributed by atoms with van der Waals surface area (Å²) < 4.78 is 90.3. The van der Waals surface area contributed by atoms with Gasteiger partial charge in [-0.25, -0.2) is 4.52 Å². The number of nitrogens with zero attached hydrogens (tertiary/aromatic N) is 6. The minimum atomic E-state index is -4.80. The maximum absolute atomic E-state index is 13.6.